The third-order valence-electron chi connectivity index (χ3n) is 3.60. The normalized spacial score (nSPS) is 16.2. The van der Waals surface area contributed by atoms with Crippen molar-refractivity contribution in [3.63, 3.8) is 0 Å². The van der Waals surface area contributed by atoms with Crippen molar-refractivity contribution in [3.8, 4) is 0 Å². The molecule has 1 aromatic heterocycles. The Hall–Kier alpha value is -0.706. The van der Waals surface area contributed by atoms with Crippen LogP contribution in [-0.4, -0.2) is 28.7 Å². The van der Waals surface area contributed by atoms with Crippen LogP contribution in [0.25, 0.3) is 16.2 Å². The largest absolute Gasteiger partial charge is 0.662 e. The summed E-state index contributed by atoms with van der Waals surface area (Å²) in [7, 11) is 0. The predicted octanol–water partition coefficient (Wildman–Crippen LogP) is 3.05. The molecule has 0 aliphatic carbocycles. The number of benzene rings is 1. The number of hydrogen-bond donors (Lipinski definition) is 1. The van der Waals surface area contributed by atoms with Crippen molar-refractivity contribution in [3.05, 3.63) is 41.3 Å². The smallest absolute Gasteiger partial charge is 0.335 e. The Morgan fingerprint density at radius 2 is 2.00 bits per heavy atom. The number of hydrogen-bond acceptors (Lipinski definition) is 1. The van der Waals surface area contributed by atoms with E-state index < -0.39 is 5.97 Å². The second-order valence-electron chi connectivity index (χ2n) is 4.70. The summed E-state index contributed by atoms with van der Waals surface area (Å²) in [6.45, 7) is 1.81. The maximum Gasteiger partial charge on any atom is 0.335 e. The Morgan fingerprint density at radius 1 is 1.26 bits per heavy atom. The van der Waals surface area contributed by atoms with Crippen LogP contribution in [0.15, 0.2) is 30.5 Å². The van der Waals surface area contributed by atoms with Gasteiger partial charge in [0.1, 0.15) is 0 Å². The molecule has 0 bridgehead atoms. The van der Waals surface area contributed by atoms with E-state index in [1.54, 1.807) is 12.1 Å². The summed E-state index contributed by atoms with van der Waals surface area (Å²) in [5.41, 5.74) is 1.37. The minimum atomic E-state index is -0.872. The van der Waals surface area contributed by atoms with Gasteiger partial charge in [0.05, 0.1) is 5.56 Å². The Balaban J connectivity index is 0.00000133. The maximum atomic E-state index is 11.0. The molecule has 0 spiro atoms. The number of nitrogens with zero attached hydrogens (tertiary/aromatic N) is 2. The molecule has 0 atom stereocenters. The fourth-order valence-corrected chi connectivity index (χ4v) is 2.62. The molecule has 1 radical (unpaired) electrons. The number of carboxylic acid groups (broad SMARTS) is 1. The average Bonchev–Trinajstić information content (AvgIpc) is 2.82. The van der Waals surface area contributed by atoms with Gasteiger partial charge in [0.15, 0.2) is 0 Å². The zero-order valence-corrected chi connectivity index (χ0v) is 13.5. The Labute approximate surface area is 137 Å². The van der Waals surface area contributed by atoms with E-state index in [4.69, 9.17) is 5.11 Å². The van der Waals surface area contributed by atoms with E-state index in [2.05, 4.69) is 16.1 Å². The molecule has 0 unspecified atom stereocenters. The molecule has 97 valence electrons. The summed E-state index contributed by atoms with van der Waals surface area (Å²) in [4.78, 5) is 11.0. The van der Waals surface area contributed by atoms with Crippen molar-refractivity contribution >= 4 is 16.9 Å². The van der Waals surface area contributed by atoms with E-state index in [0.717, 1.165) is 36.8 Å². The van der Waals surface area contributed by atoms with Crippen LogP contribution in [0.2, 0.25) is 0 Å². The average molecular weight is 332 g/mol. The van der Waals surface area contributed by atoms with Gasteiger partial charge < -0.3 is 15.0 Å². The monoisotopic (exact) mass is 332 g/mol. The molecular formula is C14H15N2O2Y-. The van der Waals surface area contributed by atoms with Crippen LogP contribution in [0.5, 0.6) is 0 Å². The molecule has 1 aromatic carbocycles. The quantitative estimate of drug-likeness (QED) is 0.919. The van der Waals surface area contributed by atoms with E-state index in [-0.39, 0.29) is 32.7 Å². The van der Waals surface area contributed by atoms with E-state index >= 15 is 0 Å². The molecule has 5 heteroatoms. The van der Waals surface area contributed by atoms with Crippen LogP contribution < -0.4 is 0 Å². The van der Waals surface area contributed by atoms with E-state index in [1.165, 1.54) is 0 Å². The standard InChI is InChI=1S/C14H15N2O2.Y/c17-14(18)11-2-1-10-5-8-16(13(10)9-11)12-3-6-15-7-4-12;/h1-2,5,8-9,12H,3-4,6-7H2,(H,17,18);/q-1;. The fraction of sp³-hybridized carbons (Fsp3) is 0.357. The molecule has 1 N–H and O–H groups in total. The molecule has 2 aromatic rings. The van der Waals surface area contributed by atoms with E-state index in [9.17, 15) is 4.79 Å². The van der Waals surface area contributed by atoms with Crippen molar-refractivity contribution in [1.29, 1.82) is 0 Å². The van der Waals surface area contributed by atoms with Crippen molar-refractivity contribution in [1.82, 2.24) is 4.57 Å². The summed E-state index contributed by atoms with van der Waals surface area (Å²) in [5, 5.41) is 14.5. The Kier molecular flexibility index (Phi) is 4.77. The van der Waals surface area contributed by atoms with Crippen LogP contribution in [0, 0.1) is 0 Å². The molecule has 0 amide bonds. The summed E-state index contributed by atoms with van der Waals surface area (Å²) < 4.78 is 2.20. The SMILES string of the molecule is O=C(O)c1ccc2ccn(C3CC[N-]CC3)c2c1.[Y]. The van der Waals surface area contributed by atoms with Crippen molar-refractivity contribution in [2.24, 2.45) is 0 Å². The van der Waals surface area contributed by atoms with Gasteiger partial charge in [-0.25, -0.2) is 4.79 Å². The molecule has 1 fully saturated rings. The molecule has 0 saturated carbocycles. The van der Waals surface area contributed by atoms with Gasteiger partial charge in [0.25, 0.3) is 0 Å². The zero-order chi connectivity index (χ0) is 12.5. The third kappa shape index (κ3) is 2.91. The van der Waals surface area contributed by atoms with Crippen LogP contribution in [0.4, 0.5) is 0 Å². The van der Waals surface area contributed by atoms with Gasteiger partial charge in [-0.1, -0.05) is 18.9 Å². The van der Waals surface area contributed by atoms with Gasteiger partial charge in [0.2, 0.25) is 0 Å². The molecule has 1 saturated heterocycles. The second-order valence-corrected chi connectivity index (χ2v) is 4.70. The first-order chi connectivity index (χ1) is 8.75. The molecule has 3 rings (SSSR count). The van der Waals surface area contributed by atoms with Gasteiger partial charge in [-0.05, 0) is 23.6 Å². The van der Waals surface area contributed by atoms with Crippen molar-refractivity contribution in [2.45, 2.75) is 18.9 Å². The van der Waals surface area contributed by atoms with Gasteiger partial charge >= 0.3 is 5.97 Å². The van der Waals surface area contributed by atoms with Crippen LogP contribution in [0.1, 0.15) is 29.2 Å². The summed E-state index contributed by atoms with van der Waals surface area (Å²) in [6, 6.07) is 7.80. The van der Waals surface area contributed by atoms with Gasteiger partial charge in [-0.15, -0.1) is 13.1 Å². The van der Waals surface area contributed by atoms with Gasteiger partial charge in [0, 0.05) is 50.5 Å². The summed E-state index contributed by atoms with van der Waals surface area (Å²) in [5.74, 6) is -0.872. The number of rotatable bonds is 2. The molecular weight excluding hydrogens is 317 g/mol. The number of aromatic carboxylic acids is 1. The van der Waals surface area contributed by atoms with E-state index in [1.807, 2.05) is 12.1 Å². The minimum Gasteiger partial charge on any atom is -0.662 e. The summed E-state index contributed by atoms with van der Waals surface area (Å²) >= 11 is 0. The van der Waals surface area contributed by atoms with Gasteiger partial charge in [-0.3, -0.25) is 0 Å². The predicted molar refractivity (Wildman–Crippen MR) is 70.3 cm³/mol. The first-order valence-corrected chi connectivity index (χ1v) is 6.23. The molecule has 2 heterocycles. The number of piperidine rings is 1. The van der Waals surface area contributed by atoms with Crippen molar-refractivity contribution in [2.75, 3.05) is 13.1 Å². The first kappa shape index (κ1) is 14.7. The number of aromatic nitrogens is 1. The topological polar surface area (TPSA) is 56.3 Å². The molecule has 19 heavy (non-hydrogen) atoms. The summed E-state index contributed by atoms with van der Waals surface area (Å²) in [6.07, 6.45) is 4.15. The van der Waals surface area contributed by atoms with E-state index in [0.29, 0.717) is 11.6 Å². The van der Waals surface area contributed by atoms with Crippen LogP contribution >= 0.6 is 0 Å². The molecule has 1 aliphatic rings. The maximum absolute atomic E-state index is 11.0. The minimum absolute atomic E-state index is 0. The number of carboxylic acids is 1. The third-order valence-corrected chi connectivity index (χ3v) is 3.60. The van der Waals surface area contributed by atoms with Gasteiger partial charge in [-0.2, -0.15) is 0 Å². The van der Waals surface area contributed by atoms with Crippen LogP contribution in [0.3, 0.4) is 0 Å². The Morgan fingerprint density at radius 3 is 2.68 bits per heavy atom. The number of fused-ring (bicyclic) bond motifs is 1. The second kappa shape index (κ2) is 6.16. The van der Waals surface area contributed by atoms with Crippen LogP contribution in [-0.2, 0) is 32.7 Å². The van der Waals surface area contributed by atoms with Crippen molar-refractivity contribution < 1.29 is 42.6 Å². The Bertz CT molecular complexity index is 588. The fourth-order valence-electron chi connectivity index (χ4n) is 2.62. The first-order valence-electron chi connectivity index (χ1n) is 6.23. The molecule has 4 nitrogen and oxygen atoms in total. The zero-order valence-electron chi connectivity index (χ0n) is 10.6. The molecule has 1 aliphatic heterocycles. The number of carbonyl (C=O) groups is 1.